The Morgan fingerprint density at radius 3 is 2.33 bits per heavy atom. The van der Waals surface area contributed by atoms with Crippen molar-refractivity contribution in [2.24, 2.45) is 5.92 Å². The molecule has 5 heteroatoms. The lowest BCUT2D eigenvalue weighted by molar-refractivity contribution is -0.146. The summed E-state index contributed by atoms with van der Waals surface area (Å²) in [4.78, 5) is 26.0. The molecule has 0 aromatic heterocycles. The molecule has 0 radical (unpaired) electrons. The first kappa shape index (κ1) is 16.4. The van der Waals surface area contributed by atoms with Crippen molar-refractivity contribution in [3.8, 4) is 11.1 Å². The molecule has 2 atom stereocenters. The molecule has 0 unspecified atom stereocenters. The molecule has 1 saturated carbocycles. The molecular formula is C22H21NO4. The number of hydrogen-bond donors (Lipinski definition) is 1. The minimum atomic E-state index is -1.03. The van der Waals surface area contributed by atoms with Gasteiger partial charge in [0.1, 0.15) is 12.1 Å². The number of amides is 1. The first-order valence-corrected chi connectivity index (χ1v) is 9.49. The number of ether oxygens (including phenoxy) is 1. The lowest BCUT2D eigenvalue weighted by Gasteiger charge is -2.33. The van der Waals surface area contributed by atoms with Crippen LogP contribution in [0.15, 0.2) is 48.5 Å². The highest BCUT2D eigenvalue weighted by Gasteiger charge is 2.67. The molecule has 2 fully saturated rings. The van der Waals surface area contributed by atoms with E-state index in [-0.39, 0.29) is 18.4 Å². The van der Waals surface area contributed by atoms with Crippen LogP contribution in [0.4, 0.5) is 4.79 Å². The quantitative estimate of drug-likeness (QED) is 0.899. The maximum atomic E-state index is 12.8. The van der Waals surface area contributed by atoms with Crippen molar-refractivity contribution in [1.82, 2.24) is 4.90 Å². The summed E-state index contributed by atoms with van der Waals surface area (Å²) < 4.78 is 5.68. The number of carbonyl (C=O) groups excluding carboxylic acids is 1. The summed E-state index contributed by atoms with van der Waals surface area (Å²) >= 11 is 0. The Morgan fingerprint density at radius 1 is 1.07 bits per heavy atom. The zero-order valence-corrected chi connectivity index (χ0v) is 14.9. The zero-order valence-electron chi connectivity index (χ0n) is 14.9. The van der Waals surface area contributed by atoms with Gasteiger partial charge in [-0.15, -0.1) is 0 Å². The fourth-order valence-corrected chi connectivity index (χ4v) is 4.99. The Balaban J connectivity index is 1.37. The van der Waals surface area contributed by atoms with E-state index in [1.54, 1.807) is 0 Å². The van der Waals surface area contributed by atoms with Crippen molar-refractivity contribution >= 4 is 12.1 Å². The number of benzene rings is 2. The molecule has 5 nitrogen and oxygen atoms in total. The van der Waals surface area contributed by atoms with Gasteiger partial charge in [-0.3, -0.25) is 4.90 Å². The van der Waals surface area contributed by atoms with Crippen LogP contribution in [0.25, 0.3) is 11.1 Å². The van der Waals surface area contributed by atoms with Crippen LogP contribution in [-0.2, 0) is 9.53 Å². The maximum Gasteiger partial charge on any atom is 0.410 e. The van der Waals surface area contributed by atoms with E-state index in [4.69, 9.17) is 4.74 Å². The molecule has 1 saturated heterocycles. The molecule has 2 aliphatic carbocycles. The number of carboxylic acid groups (broad SMARTS) is 1. The van der Waals surface area contributed by atoms with E-state index < -0.39 is 17.6 Å². The molecule has 3 aliphatic rings. The van der Waals surface area contributed by atoms with Gasteiger partial charge in [-0.1, -0.05) is 48.5 Å². The second-order valence-electron chi connectivity index (χ2n) is 7.73. The van der Waals surface area contributed by atoms with Gasteiger partial charge < -0.3 is 9.84 Å². The molecule has 2 aromatic rings. The number of carboxylic acids is 1. The third kappa shape index (κ3) is 2.30. The summed E-state index contributed by atoms with van der Waals surface area (Å²) in [5, 5.41) is 9.65. The number of fused-ring (bicyclic) bond motifs is 4. The van der Waals surface area contributed by atoms with Crippen molar-refractivity contribution in [2.75, 3.05) is 13.2 Å². The Labute approximate surface area is 157 Å². The summed E-state index contributed by atoms with van der Waals surface area (Å²) in [6, 6.07) is 16.4. The van der Waals surface area contributed by atoms with Gasteiger partial charge in [0, 0.05) is 12.5 Å². The fraction of sp³-hybridized carbons (Fsp3) is 0.364. The van der Waals surface area contributed by atoms with E-state index in [2.05, 4.69) is 24.3 Å². The first-order chi connectivity index (χ1) is 13.1. The highest BCUT2D eigenvalue weighted by Crippen LogP contribution is 2.54. The normalized spacial score (nSPS) is 25.3. The van der Waals surface area contributed by atoms with Gasteiger partial charge in [-0.2, -0.15) is 0 Å². The third-order valence-electron chi connectivity index (χ3n) is 6.42. The minimum absolute atomic E-state index is 0.0121. The van der Waals surface area contributed by atoms with Gasteiger partial charge in [0.15, 0.2) is 0 Å². The number of carbonyl (C=O) groups is 2. The van der Waals surface area contributed by atoms with Crippen LogP contribution in [0.2, 0.25) is 0 Å². The minimum Gasteiger partial charge on any atom is -0.479 e. The number of likely N-dealkylation sites (tertiary alicyclic amines) is 1. The summed E-state index contributed by atoms with van der Waals surface area (Å²) in [7, 11) is 0. The van der Waals surface area contributed by atoms with E-state index in [9.17, 15) is 14.7 Å². The average molecular weight is 363 g/mol. The van der Waals surface area contributed by atoms with E-state index in [0.29, 0.717) is 13.0 Å². The highest BCUT2D eigenvalue weighted by atomic mass is 16.6. The Hall–Kier alpha value is -2.82. The molecule has 1 amide bonds. The van der Waals surface area contributed by atoms with Crippen molar-refractivity contribution in [1.29, 1.82) is 0 Å². The lowest BCUT2D eigenvalue weighted by atomic mass is 9.98. The maximum absolute atomic E-state index is 12.8. The van der Waals surface area contributed by atoms with Gasteiger partial charge >= 0.3 is 12.1 Å². The second-order valence-corrected chi connectivity index (χ2v) is 7.73. The van der Waals surface area contributed by atoms with Crippen molar-refractivity contribution in [2.45, 2.75) is 30.7 Å². The van der Waals surface area contributed by atoms with E-state index in [0.717, 1.165) is 24.0 Å². The van der Waals surface area contributed by atoms with Crippen LogP contribution in [0.3, 0.4) is 0 Å². The van der Waals surface area contributed by atoms with Crippen LogP contribution in [0.1, 0.15) is 36.3 Å². The molecule has 1 aliphatic heterocycles. The largest absolute Gasteiger partial charge is 0.479 e. The second kappa shape index (κ2) is 5.84. The number of piperidine rings is 1. The van der Waals surface area contributed by atoms with Crippen molar-refractivity contribution in [3.63, 3.8) is 0 Å². The molecule has 27 heavy (non-hydrogen) atoms. The summed E-state index contributed by atoms with van der Waals surface area (Å²) in [5.74, 6) is -0.841. The van der Waals surface area contributed by atoms with Gasteiger partial charge in [-0.25, -0.2) is 9.59 Å². The molecule has 2 aromatic carbocycles. The van der Waals surface area contributed by atoms with Gasteiger partial charge in [0.05, 0.1) is 0 Å². The molecular weight excluding hydrogens is 342 g/mol. The van der Waals surface area contributed by atoms with Crippen LogP contribution in [-0.4, -0.2) is 40.8 Å². The van der Waals surface area contributed by atoms with E-state index in [1.165, 1.54) is 16.0 Å². The van der Waals surface area contributed by atoms with Gasteiger partial charge in [0.25, 0.3) is 0 Å². The predicted octanol–water partition coefficient (Wildman–Crippen LogP) is 3.87. The molecule has 0 spiro atoms. The van der Waals surface area contributed by atoms with E-state index in [1.807, 2.05) is 24.3 Å². The molecule has 0 bridgehead atoms. The van der Waals surface area contributed by atoms with Crippen LogP contribution < -0.4 is 0 Å². The number of hydrogen-bond acceptors (Lipinski definition) is 3. The topological polar surface area (TPSA) is 66.8 Å². The van der Waals surface area contributed by atoms with Crippen LogP contribution in [0.5, 0.6) is 0 Å². The third-order valence-corrected chi connectivity index (χ3v) is 6.42. The zero-order chi connectivity index (χ0) is 18.6. The summed E-state index contributed by atoms with van der Waals surface area (Å²) in [6.45, 7) is 0.684. The van der Waals surface area contributed by atoms with E-state index >= 15 is 0 Å². The molecule has 1 heterocycles. The standard InChI is InChI=1S/C22H21NO4/c24-20(25)22-12-14(22)6-5-11-23(22)21(26)27-13-19-17-9-3-1-7-15(17)16-8-2-4-10-18(16)19/h1-4,7-10,14,19H,5-6,11-13H2,(H,24,25)/t14-,22+/m0/s1. The molecule has 138 valence electrons. The van der Waals surface area contributed by atoms with Crippen LogP contribution >= 0.6 is 0 Å². The first-order valence-electron chi connectivity index (χ1n) is 9.49. The van der Waals surface area contributed by atoms with Gasteiger partial charge in [-0.05, 0) is 47.4 Å². The smallest absolute Gasteiger partial charge is 0.410 e. The Bertz CT molecular complexity index is 894. The van der Waals surface area contributed by atoms with Crippen LogP contribution in [0, 0.1) is 5.92 Å². The number of nitrogens with zero attached hydrogens (tertiary/aromatic N) is 1. The Morgan fingerprint density at radius 2 is 1.70 bits per heavy atom. The average Bonchev–Trinajstić information content (AvgIpc) is 3.37. The number of rotatable bonds is 3. The lowest BCUT2D eigenvalue weighted by Crippen LogP contribution is -2.51. The number of aliphatic carboxylic acids is 1. The monoisotopic (exact) mass is 363 g/mol. The highest BCUT2D eigenvalue weighted by molar-refractivity contribution is 5.88. The fourth-order valence-electron chi connectivity index (χ4n) is 4.99. The molecule has 1 N–H and O–H groups in total. The van der Waals surface area contributed by atoms with Gasteiger partial charge in [0.2, 0.25) is 0 Å². The summed E-state index contributed by atoms with van der Waals surface area (Å²) in [6.07, 6.45) is 1.76. The van der Waals surface area contributed by atoms with Crippen molar-refractivity contribution in [3.05, 3.63) is 59.7 Å². The van der Waals surface area contributed by atoms with Crippen molar-refractivity contribution < 1.29 is 19.4 Å². The SMILES string of the molecule is O=C(OCC1c2ccccc2-c2ccccc21)N1CCC[C@H]2C[C@]21C(=O)O. The summed E-state index contributed by atoms with van der Waals surface area (Å²) in [5.41, 5.74) is 3.64. The predicted molar refractivity (Wildman–Crippen MR) is 99.5 cm³/mol. The Kier molecular flexibility index (Phi) is 3.54. The molecule has 5 rings (SSSR count).